The molecule has 0 spiro atoms. The molecular formula is C18H30N2S. The van der Waals surface area contributed by atoms with Gasteiger partial charge in [0.05, 0.1) is 10.7 Å². The van der Waals surface area contributed by atoms with Crippen LogP contribution in [0.5, 0.6) is 0 Å². The molecule has 3 rings (SSSR count). The van der Waals surface area contributed by atoms with Crippen molar-refractivity contribution in [3.63, 3.8) is 0 Å². The summed E-state index contributed by atoms with van der Waals surface area (Å²) in [6.45, 7) is 6.06. The fraction of sp³-hybridized carbons (Fsp3) is 0.833. The minimum Gasteiger partial charge on any atom is -0.303 e. The SMILES string of the molecule is CCCc1nc2c(s1)CCN(CCC1CCCCC1)CC2. The van der Waals surface area contributed by atoms with E-state index in [-0.39, 0.29) is 0 Å². The fourth-order valence-electron chi connectivity index (χ4n) is 3.85. The molecule has 0 N–H and O–H groups in total. The first-order chi connectivity index (χ1) is 10.3. The maximum Gasteiger partial charge on any atom is 0.0931 e. The number of fused-ring (bicyclic) bond motifs is 1. The molecule has 1 saturated carbocycles. The van der Waals surface area contributed by atoms with Crippen LogP contribution < -0.4 is 0 Å². The summed E-state index contributed by atoms with van der Waals surface area (Å²) in [5, 5.41) is 1.37. The van der Waals surface area contributed by atoms with Crippen LogP contribution in [-0.2, 0) is 19.3 Å². The van der Waals surface area contributed by atoms with Gasteiger partial charge in [-0.2, -0.15) is 0 Å². The zero-order valence-corrected chi connectivity index (χ0v) is 14.4. The highest BCUT2D eigenvalue weighted by Gasteiger charge is 2.19. The number of hydrogen-bond acceptors (Lipinski definition) is 3. The van der Waals surface area contributed by atoms with E-state index in [0.717, 1.165) is 5.92 Å². The molecule has 1 fully saturated rings. The lowest BCUT2D eigenvalue weighted by Crippen LogP contribution is -2.29. The topological polar surface area (TPSA) is 16.1 Å². The van der Waals surface area contributed by atoms with Gasteiger partial charge in [0, 0.05) is 24.4 Å². The zero-order chi connectivity index (χ0) is 14.5. The molecule has 1 aliphatic heterocycles. The van der Waals surface area contributed by atoms with Crippen molar-refractivity contribution in [2.45, 2.75) is 71.1 Å². The third kappa shape index (κ3) is 4.29. The van der Waals surface area contributed by atoms with Crippen LogP contribution >= 0.6 is 11.3 Å². The van der Waals surface area contributed by atoms with Gasteiger partial charge < -0.3 is 4.90 Å². The Bertz CT molecular complexity index is 409. The Labute approximate surface area is 134 Å². The van der Waals surface area contributed by atoms with E-state index in [1.165, 1.54) is 94.5 Å². The van der Waals surface area contributed by atoms with Gasteiger partial charge in [0.1, 0.15) is 0 Å². The van der Waals surface area contributed by atoms with Crippen molar-refractivity contribution in [1.29, 1.82) is 0 Å². The molecule has 0 bridgehead atoms. The van der Waals surface area contributed by atoms with Gasteiger partial charge in [-0.3, -0.25) is 0 Å². The van der Waals surface area contributed by atoms with E-state index >= 15 is 0 Å². The highest BCUT2D eigenvalue weighted by atomic mass is 32.1. The lowest BCUT2D eigenvalue weighted by atomic mass is 9.87. The summed E-state index contributed by atoms with van der Waals surface area (Å²) in [6, 6.07) is 0. The first-order valence-electron chi connectivity index (χ1n) is 9.05. The standard InChI is InChI=1S/C18H30N2S/c1-2-6-18-19-16-10-13-20(14-11-17(16)21-18)12-9-15-7-4-3-5-8-15/h15H,2-14H2,1H3. The first kappa shape index (κ1) is 15.5. The monoisotopic (exact) mass is 306 g/mol. The lowest BCUT2D eigenvalue weighted by molar-refractivity contribution is 0.239. The molecule has 3 heteroatoms. The average molecular weight is 307 g/mol. The van der Waals surface area contributed by atoms with Gasteiger partial charge in [-0.15, -0.1) is 11.3 Å². The molecule has 1 aromatic heterocycles. The van der Waals surface area contributed by atoms with Gasteiger partial charge in [0.25, 0.3) is 0 Å². The van der Waals surface area contributed by atoms with E-state index in [0.29, 0.717) is 0 Å². The second kappa shape index (κ2) is 7.73. The van der Waals surface area contributed by atoms with Crippen molar-refractivity contribution in [1.82, 2.24) is 9.88 Å². The molecule has 1 aromatic rings. The summed E-state index contributed by atoms with van der Waals surface area (Å²) in [4.78, 5) is 9.16. The van der Waals surface area contributed by atoms with Gasteiger partial charge >= 0.3 is 0 Å². The molecule has 2 aliphatic rings. The van der Waals surface area contributed by atoms with Crippen molar-refractivity contribution in [3.8, 4) is 0 Å². The van der Waals surface area contributed by atoms with E-state index in [1.54, 1.807) is 4.88 Å². The van der Waals surface area contributed by atoms with Gasteiger partial charge in [0.2, 0.25) is 0 Å². The Hall–Kier alpha value is -0.410. The Morgan fingerprint density at radius 3 is 2.76 bits per heavy atom. The second-order valence-corrected chi connectivity index (χ2v) is 8.03. The van der Waals surface area contributed by atoms with Crippen molar-refractivity contribution in [3.05, 3.63) is 15.6 Å². The molecule has 0 radical (unpaired) electrons. The van der Waals surface area contributed by atoms with Gasteiger partial charge in [-0.05, 0) is 38.1 Å². The van der Waals surface area contributed by atoms with Gasteiger partial charge in [0.15, 0.2) is 0 Å². The summed E-state index contributed by atoms with van der Waals surface area (Å²) >= 11 is 1.98. The maximum atomic E-state index is 4.88. The normalized spacial score (nSPS) is 21.2. The molecule has 0 saturated heterocycles. The third-order valence-electron chi connectivity index (χ3n) is 5.18. The molecule has 2 heterocycles. The predicted molar refractivity (Wildman–Crippen MR) is 91.1 cm³/mol. The van der Waals surface area contributed by atoms with Crippen LogP contribution in [0.25, 0.3) is 0 Å². The maximum absolute atomic E-state index is 4.88. The molecule has 2 nitrogen and oxygen atoms in total. The number of thiazole rings is 1. The van der Waals surface area contributed by atoms with Gasteiger partial charge in [-0.25, -0.2) is 4.98 Å². The highest BCUT2D eigenvalue weighted by molar-refractivity contribution is 7.11. The van der Waals surface area contributed by atoms with Gasteiger partial charge in [-0.1, -0.05) is 39.0 Å². The molecule has 0 unspecified atom stereocenters. The zero-order valence-electron chi connectivity index (χ0n) is 13.6. The molecule has 21 heavy (non-hydrogen) atoms. The smallest absolute Gasteiger partial charge is 0.0931 e. The van der Waals surface area contributed by atoms with Crippen LogP contribution in [0, 0.1) is 5.92 Å². The first-order valence-corrected chi connectivity index (χ1v) is 9.86. The largest absolute Gasteiger partial charge is 0.303 e. The second-order valence-electron chi connectivity index (χ2n) is 6.86. The number of rotatable bonds is 5. The van der Waals surface area contributed by atoms with Crippen LogP contribution in [0.3, 0.4) is 0 Å². The average Bonchev–Trinajstić information content (AvgIpc) is 2.80. The highest BCUT2D eigenvalue weighted by Crippen LogP contribution is 2.27. The molecule has 0 atom stereocenters. The van der Waals surface area contributed by atoms with Crippen LogP contribution in [0.2, 0.25) is 0 Å². The quantitative estimate of drug-likeness (QED) is 0.798. The van der Waals surface area contributed by atoms with Crippen molar-refractivity contribution in [2.75, 3.05) is 19.6 Å². The molecule has 118 valence electrons. The fourth-order valence-corrected chi connectivity index (χ4v) is 5.05. The minimum absolute atomic E-state index is 1.02. The van der Waals surface area contributed by atoms with E-state index in [4.69, 9.17) is 4.98 Å². The van der Waals surface area contributed by atoms with E-state index in [9.17, 15) is 0 Å². The summed E-state index contributed by atoms with van der Waals surface area (Å²) < 4.78 is 0. The molecule has 1 aliphatic carbocycles. The summed E-state index contributed by atoms with van der Waals surface area (Å²) in [6.07, 6.45) is 13.7. The van der Waals surface area contributed by atoms with Crippen LogP contribution in [-0.4, -0.2) is 29.5 Å². The van der Waals surface area contributed by atoms with Crippen molar-refractivity contribution < 1.29 is 0 Å². The predicted octanol–water partition coefficient (Wildman–Crippen LogP) is 4.47. The van der Waals surface area contributed by atoms with Crippen LogP contribution in [0.1, 0.15) is 67.4 Å². The third-order valence-corrected chi connectivity index (χ3v) is 6.40. The Kier molecular flexibility index (Phi) is 5.70. The van der Waals surface area contributed by atoms with E-state index in [1.807, 2.05) is 11.3 Å². The van der Waals surface area contributed by atoms with Crippen molar-refractivity contribution in [2.24, 2.45) is 5.92 Å². The number of aromatic nitrogens is 1. The summed E-state index contributed by atoms with van der Waals surface area (Å²) in [7, 11) is 0. The molecular weight excluding hydrogens is 276 g/mol. The molecule has 0 aromatic carbocycles. The van der Waals surface area contributed by atoms with E-state index < -0.39 is 0 Å². The molecule has 0 amide bonds. The number of nitrogens with zero attached hydrogens (tertiary/aromatic N) is 2. The van der Waals surface area contributed by atoms with Crippen LogP contribution in [0.15, 0.2) is 0 Å². The Morgan fingerprint density at radius 2 is 1.95 bits per heavy atom. The number of hydrogen-bond donors (Lipinski definition) is 0. The summed E-state index contributed by atoms with van der Waals surface area (Å²) in [5.41, 5.74) is 1.42. The van der Waals surface area contributed by atoms with E-state index in [2.05, 4.69) is 11.8 Å². The Balaban J connectivity index is 1.47. The summed E-state index contributed by atoms with van der Waals surface area (Å²) in [5.74, 6) is 1.02. The van der Waals surface area contributed by atoms with Crippen molar-refractivity contribution >= 4 is 11.3 Å². The Morgan fingerprint density at radius 1 is 1.14 bits per heavy atom. The lowest BCUT2D eigenvalue weighted by Gasteiger charge is -2.26. The number of aryl methyl sites for hydroxylation is 1. The minimum atomic E-state index is 1.02. The van der Waals surface area contributed by atoms with Crippen LogP contribution in [0.4, 0.5) is 0 Å².